The van der Waals surface area contributed by atoms with E-state index in [0.29, 0.717) is 50.3 Å². The standard InChI is InChI=1S/C27H34N4O4/c1-4-33-23-12-11-20(15-24(23)34-5-2)16-28-27(32)22-10-7-13-31(17-22)18-25-29-26(30-35-25)21-9-6-8-19(3)14-21/h6,8-9,11-12,14-15,22H,4-5,7,10,13,16-18H2,1-3H3,(H,28,32). The Morgan fingerprint density at radius 3 is 2.77 bits per heavy atom. The predicted octanol–water partition coefficient (Wildman–Crippen LogP) is 4.37. The number of ether oxygens (including phenoxy) is 2. The van der Waals surface area contributed by atoms with Crippen molar-refractivity contribution in [2.24, 2.45) is 5.92 Å². The van der Waals surface area contributed by atoms with Crippen LogP contribution in [0.15, 0.2) is 47.0 Å². The zero-order chi connectivity index (χ0) is 24.6. The highest BCUT2D eigenvalue weighted by Crippen LogP contribution is 2.28. The summed E-state index contributed by atoms with van der Waals surface area (Å²) in [6.45, 7) is 9.62. The Bertz CT molecular complexity index is 1130. The lowest BCUT2D eigenvalue weighted by Gasteiger charge is -2.30. The Morgan fingerprint density at radius 2 is 1.97 bits per heavy atom. The highest BCUT2D eigenvalue weighted by atomic mass is 16.5. The van der Waals surface area contributed by atoms with Crippen LogP contribution in [-0.4, -0.2) is 47.3 Å². The number of carbonyl (C=O) groups is 1. The molecule has 1 unspecified atom stereocenters. The quantitative estimate of drug-likeness (QED) is 0.463. The number of carbonyl (C=O) groups excluding carboxylic acids is 1. The molecule has 35 heavy (non-hydrogen) atoms. The Kier molecular flexibility index (Phi) is 8.36. The van der Waals surface area contributed by atoms with E-state index in [1.54, 1.807) is 0 Å². The van der Waals surface area contributed by atoms with Gasteiger partial charge in [0.15, 0.2) is 11.5 Å². The first-order valence-electron chi connectivity index (χ1n) is 12.3. The van der Waals surface area contributed by atoms with E-state index in [1.165, 1.54) is 0 Å². The van der Waals surface area contributed by atoms with Gasteiger partial charge in [-0.1, -0.05) is 35.0 Å². The van der Waals surface area contributed by atoms with Crippen LogP contribution in [0, 0.1) is 12.8 Å². The normalized spacial score (nSPS) is 16.1. The van der Waals surface area contributed by atoms with E-state index in [1.807, 2.05) is 63.2 Å². The molecule has 3 aromatic rings. The van der Waals surface area contributed by atoms with Crippen molar-refractivity contribution >= 4 is 5.91 Å². The van der Waals surface area contributed by atoms with Crippen LogP contribution in [0.3, 0.4) is 0 Å². The number of aryl methyl sites for hydroxylation is 1. The summed E-state index contributed by atoms with van der Waals surface area (Å²) < 4.78 is 16.8. The first-order chi connectivity index (χ1) is 17.1. The lowest BCUT2D eigenvalue weighted by molar-refractivity contribution is -0.127. The van der Waals surface area contributed by atoms with Gasteiger partial charge in [-0.3, -0.25) is 9.69 Å². The second kappa shape index (κ2) is 11.8. The van der Waals surface area contributed by atoms with Crippen LogP contribution in [-0.2, 0) is 17.9 Å². The van der Waals surface area contributed by atoms with Gasteiger partial charge in [-0.15, -0.1) is 0 Å². The third-order valence-electron chi connectivity index (χ3n) is 6.05. The number of benzene rings is 2. The minimum absolute atomic E-state index is 0.0625. The summed E-state index contributed by atoms with van der Waals surface area (Å²) in [7, 11) is 0. The van der Waals surface area contributed by atoms with Gasteiger partial charge in [0.25, 0.3) is 0 Å². The smallest absolute Gasteiger partial charge is 0.241 e. The number of likely N-dealkylation sites (tertiary alicyclic amines) is 1. The SMILES string of the molecule is CCOc1ccc(CNC(=O)C2CCCN(Cc3nc(-c4cccc(C)c4)no3)C2)cc1OCC. The van der Waals surface area contributed by atoms with E-state index in [4.69, 9.17) is 14.0 Å². The van der Waals surface area contributed by atoms with Crippen LogP contribution in [0.4, 0.5) is 0 Å². The maximum absolute atomic E-state index is 12.9. The van der Waals surface area contributed by atoms with E-state index in [9.17, 15) is 4.79 Å². The van der Waals surface area contributed by atoms with Crippen molar-refractivity contribution in [2.45, 2.75) is 46.7 Å². The topological polar surface area (TPSA) is 89.7 Å². The largest absolute Gasteiger partial charge is 0.490 e. The molecular formula is C27H34N4O4. The molecule has 1 aliphatic heterocycles. The van der Waals surface area contributed by atoms with Gasteiger partial charge in [0.2, 0.25) is 17.6 Å². The van der Waals surface area contributed by atoms with Gasteiger partial charge in [0.1, 0.15) is 0 Å². The fraction of sp³-hybridized carbons (Fsp3) is 0.444. The first kappa shape index (κ1) is 24.7. The molecule has 0 bridgehead atoms. The molecule has 1 atom stereocenters. The van der Waals surface area contributed by atoms with Crippen molar-refractivity contribution in [1.82, 2.24) is 20.4 Å². The van der Waals surface area contributed by atoms with Gasteiger partial charge in [-0.25, -0.2) is 0 Å². The highest BCUT2D eigenvalue weighted by Gasteiger charge is 2.27. The summed E-state index contributed by atoms with van der Waals surface area (Å²) in [4.78, 5) is 19.7. The number of aromatic nitrogens is 2. The summed E-state index contributed by atoms with van der Waals surface area (Å²) in [6.07, 6.45) is 1.82. The number of nitrogens with one attached hydrogen (secondary N) is 1. The number of amides is 1. The average molecular weight is 479 g/mol. The number of hydrogen-bond acceptors (Lipinski definition) is 7. The van der Waals surface area contributed by atoms with Gasteiger partial charge < -0.3 is 19.3 Å². The van der Waals surface area contributed by atoms with Crippen molar-refractivity contribution in [1.29, 1.82) is 0 Å². The molecule has 0 spiro atoms. The number of rotatable bonds is 10. The highest BCUT2D eigenvalue weighted by molar-refractivity contribution is 5.79. The molecule has 0 saturated carbocycles. The fourth-order valence-electron chi connectivity index (χ4n) is 4.36. The molecule has 2 aromatic carbocycles. The second-order valence-electron chi connectivity index (χ2n) is 8.82. The Labute approximate surface area is 206 Å². The van der Waals surface area contributed by atoms with Crippen molar-refractivity contribution in [3.05, 3.63) is 59.5 Å². The molecule has 0 radical (unpaired) electrons. The van der Waals surface area contributed by atoms with Crippen LogP contribution >= 0.6 is 0 Å². The van der Waals surface area contributed by atoms with E-state index in [-0.39, 0.29) is 11.8 Å². The van der Waals surface area contributed by atoms with Crippen molar-refractivity contribution in [3.8, 4) is 22.9 Å². The average Bonchev–Trinajstić information content (AvgIpc) is 3.33. The van der Waals surface area contributed by atoms with Crippen LogP contribution in [0.2, 0.25) is 0 Å². The number of nitrogens with zero attached hydrogens (tertiary/aromatic N) is 3. The van der Waals surface area contributed by atoms with Gasteiger partial charge in [0.05, 0.1) is 25.7 Å². The van der Waals surface area contributed by atoms with E-state index in [0.717, 1.165) is 41.8 Å². The molecule has 2 heterocycles. The fourth-order valence-corrected chi connectivity index (χ4v) is 4.36. The summed E-state index contributed by atoms with van der Waals surface area (Å²) in [6, 6.07) is 13.8. The summed E-state index contributed by atoms with van der Waals surface area (Å²) >= 11 is 0. The molecule has 4 rings (SSSR count). The lowest BCUT2D eigenvalue weighted by Crippen LogP contribution is -2.42. The molecule has 1 fully saturated rings. The van der Waals surface area contributed by atoms with E-state index < -0.39 is 0 Å². The van der Waals surface area contributed by atoms with Crippen molar-refractivity contribution in [3.63, 3.8) is 0 Å². The van der Waals surface area contributed by atoms with Crippen LogP contribution in [0.25, 0.3) is 11.4 Å². The van der Waals surface area contributed by atoms with Crippen LogP contribution in [0.5, 0.6) is 11.5 Å². The Morgan fingerprint density at radius 1 is 1.14 bits per heavy atom. The summed E-state index contributed by atoms with van der Waals surface area (Å²) in [5, 5.41) is 7.23. The van der Waals surface area contributed by atoms with Crippen molar-refractivity contribution in [2.75, 3.05) is 26.3 Å². The zero-order valence-electron chi connectivity index (χ0n) is 20.8. The molecule has 8 heteroatoms. The summed E-state index contributed by atoms with van der Waals surface area (Å²) in [5.74, 6) is 2.58. The Hall–Kier alpha value is -3.39. The van der Waals surface area contributed by atoms with E-state index in [2.05, 4.69) is 20.4 Å². The van der Waals surface area contributed by atoms with Crippen molar-refractivity contribution < 1.29 is 18.8 Å². The third-order valence-corrected chi connectivity index (χ3v) is 6.05. The second-order valence-corrected chi connectivity index (χ2v) is 8.82. The predicted molar refractivity (Wildman–Crippen MR) is 133 cm³/mol. The molecule has 1 saturated heterocycles. The summed E-state index contributed by atoms with van der Waals surface area (Å²) in [5.41, 5.74) is 3.07. The molecule has 186 valence electrons. The lowest BCUT2D eigenvalue weighted by atomic mass is 9.97. The van der Waals surface area contributed by atoms with Crippen LogP contribution in [0.1, 0.15) is 43.7 Å². The molecule has 1 aliphatic rings. The molecule has 1 amide bonds. The molecule has 1 N–H and O–H groups in total. The molecule has 0 aliphatic carbocycles. The van der Waals surface area contributed by atoms with Gasteiger partial charge in [-0.2, -0.15) is 4.98 Å². The monoisotopic (exact) mass is 478 g/mol. The maximum Gasteiger partial charge on any atom is 0.241 e. The number of hydrogen-bond donors (Lipinski definition) is 1. The third kappa shape index (κ3) is 6.60. The van der Waals surface area contributed by atoms with Gasteiger partial charge in [0, 0.05) is 18.7 Å². The Balaban J connectivity index is 1.31. The van der Waals surface area contributed by atoms with Gasteiger partial charge >= 0.3 is 0 Å². The minimum atomic E-state index is -0.0722. The zero-order valence-corrected chi connectivity index (χ0v) is 20.8. The van der Waals surface area contributed by atoms with Crippen LogP contribution < -0.4 is 14.8 Å². The van der Waals surface area contributed by atoms with Gasteiger partial charge in [-0.05, 0) is 63.9 Å². The molecule has 1 aromatic heterocycles. The first-order valence-corrected chi connectivity index (χ1v) is 12.3. The minimum Gasteiger partial charge on any atom is -0.490 e. The van der Waals surface area contributed by atoms with E-state index >= 15 is 0 Å². The molecular weight excluding hydrogens is 444 g/mol. The maximum atomic E-state index is 12.9. The number of piperidine rings is 1. The molecule has 8 nitrogen and oxygen atoms in total.